The molecule has 2 aromatic carbocycles. The van der Waals surface area contributed by atoms with Crippen molar-refractivity contribution >= 4 is 29.2 Å². The molecule has 0 aromatic heterocycles. The van der Waals surface area contributed by atoms with Crippen LogP contribution in [0.2, 0.25) is 0 Å². The lowest BCUT2D eigenvalue weighted by molar-refractivity contribution is -0.148. The van der Waals surface area contributed by atoms with Crippen LogP contribution in [0.4, 0.5) is 11.4 Å². The number of carbonyl (C=O) groups excluding carboxylic acids is 2. The van der Waals surface area contributed by atoms with Crippen molar-refractivity contribution in [3.05, 3.63) is 60.7 Å². The van der Waals surface area contributed by atoms with Crippen LogP contribution in [0.3, 0.4) is 0 Å². The number of aliphatic carboxylic acids is 1. The molecule has 3 rings (SSSR count). The molecule has 0 unspecified atom stereocenters. The lowest BCUT2D eigenvalue weighted by Gasteiger charge is -2.27. The van der Waals surface area contributed by atoms with Gasteiger partial charge in [-0.05, 0) is 30.7 Å². The molecule has 0 bridgehead atoms. The second kappa shape index (κ2) is 7.61. The van der Waals surface area contributed by atoms with Gasteiger partial charge in [0, 0.05) is 0 Å². The van der Waals surface area contributed by atoms with Gasteiger partial charge in [0.2, 0.25) is 0 Å². The number of hydrogen-bond donors (Lipinski definition) is 1. The summed E-state index contributed by atoms with van der Waals surface area (Å²) in [5.74, 6) is -2.13. The van der Waals surface area contributed by atoms with Gasteiger partial charge in [0.1, 0.15) is 5.41 Å². The zero-order valence-corrected chi connectivity index (χ0v) is 15.2. The third kappa shape index (κ3) is 3.30. The van der Waals surface area contributed by atoms with E-state index in [1.165, 1.54) is 10.0 Å². The highest BCUT2D eigenvalue weighted by molar-refractivity contribution is 6.27. The highest BCUT2D eigenvalue weighted by Gasteiger charge is 2.59. The number of nitrogens with zero attached hydrogens (tertiary/aromatic N) is 2. The number of para-hydroxylation sites is 2. The molecule has 1 fully saturated rings. The Morgan fingerprint density at radius 1 is 0.889 bits per heavy atom. The summed E-state index contributed by atoms with van der Waals surface area (Å²) in [7, 11) is 0. The van der Waals surface area contributed by atoms with Crippen LogP contribution < -0.4 is 10.0 Å². The number of hydrazine groups is 1. The second-order valence-corrected chi connectivity index (χ2v) is 6.66. The first kappa shape index (κ1) is 18.6. The summed E-state index contributed by atoms with van der Waals surface area (Å²) in [6, 6.07) is 17.7. The van der Waals surface area contributed by atoms with Crippen molar-refractivity contribution in [1.82, 2.24) is 0 Å². The van der Waals surface area contributed by atoms with Gasteiger partial charge in [-0.3, -0.25) is 14.4 Å². The summed E-state index contributed by atoms with van der Waals surface area (Å²) in [5.41, 5.74) is -0.528. The number of unbranched alkanes of at least 4 members (excludes halogenated alkanes) is 1. The summed E-state index contributed by atoms with van der Waals surface area (Å²) in [6.07, 6.45) is 1.05. The summed E-state index contributed by atoms with van der Waals surface area (Å²) < 4.78 is 0. The van der Waals surface area contributed by atoms with E-state index in [4.69, 9.17) is 0 Å². The molecule has 6 nitrogen and oxygen atoms in total. The molecule has 1 aliphatic heterocycles. The van der Waals surface area contributed by atoms with E-state index in [1.807, 2.05) is 19.1 Å². The normalized spacial score (nSPS) is 16.0. The van der Waals surface area contributed by atoms with Crippen LogP contribution in [-0.2, 0) is 14.4 Å². The van der Waals surface area contributed by atoms with Gasteiger partial charge < -0.3 is 5.11 Å². The quantitative estimate of drug-likeness (QED) is 0.759. The van der Waals surface area contributed by atoms with E-state index in [0.717, 1.165) is 6.42 Å². The topological polar surface area (TPSA) is 77.9 Å². The van der Waals surface area contributed by atoms with Crippen LogP contribution >= 0.6 is 0 Å². The van der Waals surface area contributed by atoms with Crippen molar-refractivity contribution in [2.24, 2.45) is 5.41 Å². The van der Waals surface area contributed by atoms with Gasteiger partial charge in [-0.15, -0.1) is 0 Å². The molecule has 0 saturated carbocycles. The minimum Gasteiger partial charge on any atom is -0.481 e. The Hall–Kier alpha value is -3.15. The number of carboxylic acids is 1. The van der Waals surface area contributed by atoms with Gasteiger partial charge in [-0.25, -0.2) is 10.0 Å². The van der Waals surface area contributed by atoms with Gasteiger partial charge in [0.25, 0.3) is 11.8 Å². The summed E-state index contributed by atoms with van der Waals surface area (Å²) in [4.78, 5) is 38.5. The summed E-state index contributed by atoms with van der Waals surface area (Å²) >= 11 is 0. The Morgan fingerprint density at radius 2 is 1.33 bits per heavy atom. The number of carboxylic acid groups (broad SMARTS) is 1. The van der Waals surface area contributed by atoms with E-state index >= 15 is 0 Å². The van der Waals surface area contributed by atoms with Gasteiger partial charge >= 0.3 is 5.97 Å². The maximum Gasteiger partial charge on any atom is 0.304 e. The molecule has 1 aliphatic rings. The molecule has 1 N–H and O–H groups in total. The second-order valence-electron chi connectivity index (χ2n) is 6.66. The van der Waals surface area contributed by atoms with Crippen LogP contribution in [0, 0.1) is 5.41 Å². The first-order valence-corrected chi connectivity index (χ1v) is 9.02. The SMILES string of the molecule is CCCCC1(CC(=O)O)C(=O)N(c2ccccc2)N(c2ccccc2)C1=O. The van der Waals surface area contributed by atoms with E-state index in [2.05, 4.69) is 0 Å². The molecule has 6 heteroatoms. The number of amides is 2. The minimum atomic E-state index is -1.59. The molecule has 1 saturated heterocycles. The van der Waals surface area contributed by atoms with E-state index in [0.29, 0.717) is 17.8 Å². The largest absolute Gasteiger partial charge is 0.481 e. The average Bonchev–Trinajstić information content (AvgIpc) is 2.89. The highest BCUT2D eigenvalue weighted by atomic mass is 16.4. The molecule has 27 heavy (non-hydrogen) atoms. The lowest BCUT2D eigenvalue weighted by atomic mass is 9.78. The third-order valence-electron chi connectivity index (χ3n) is 4.82. The first-order chi connectivity index (χ1) is 13.0. The van der Waals surface area contributed by atoms with Crippen molar-refractivity contribution in [2.75, 3.05) is 10.0 Å². The molecule has 140 valence electrons. The van der Waals surface area contributed by atoms with E-state index in [9.17, 15) is 19.5 Å². The zero-order chi connectivity index (χ0) is 19.4. The zero-order valence-electron chi connectivity index (χ0n) is 15.2. The molecule has 0 aliphatic carbocycles. The molecule has 2 aromatic rings. The Kier molecular flexibility index (Phi) is 5.26. The Labute approximate surface area is 158 Å². The van der Waals surface area contributed by atoms with Crippen molar-refractivity contribution < 1.29 is 19.5 Å². The molecule has 0 atom stereocenters. The average molecular weight is 366 g/mol. The molecule has 1 heterocycles. The van der Waals surface area contributed by atoms with E-state index in [-0.39, 0.29) is 6.42 Å². The van der Waals surface area contributed by atoms with Crippen molar-refractivity contribution in [3.63, 3.8) is 0 Å². The first-order valence-electron chi connectivity index (χ1n) is 9.02. The Morgan fingerprint density at radius 3 is 1.70 bits per heavy atom. The Balaban J connectivity index is 2.16. The van der Waals surface area contributed by atoms with Crippen LogP contribution in [0.5, 0.6) is 0 Å². The van der Waals surface area contributed by atoms with Crippen LogP contribution in [0.15, 0.2) is 60.7 Å². The molecular weight excluding hydrogens is 344 g/mol. The molecule has 2 amide bonds. The predicted molar refractivity (Wildman–Crippen MR) is 102 cm³/mol. The molecule has 0 radical (unpaired) electrons. The van der Waals surface area contributed by atoms with Crippen molar-refractivity contribution in [3.8, 4) is 0 Å². The van der Waals surface area contributed by atoms with Crippen molar-refractivity contribution in [1.29, 1.82) is 0 Å². The van der Waals surface area contributed by atoms with Crippen LogP contribution in [-0.4, -0.2) is 22.9 Å². The standard InChI is InChI=1S/C21H22N2O4/c1-2-3-14-21(15-18(24)25)19(26)22(16-10-6-4-7-11-16)23(20(21)27)17-12-8-5-9-13-17/h4-13H,2-3,14-15H2,1H3,(H,24,25). The molecule has 0 spiro atoms. The lowest BCUT2D eigenvalue weighted by Crippen LogP contribution is -2.41. The number of anilines is 2. The van der Waals surface area contributed by atoms with Crippen molar-refractivity contribution in [2.45, 2.75) is 32.6 Å². The molecular formula is C21H22N2O4. The van der Waals surface area contributed by atoms with Crippen LogP contribution in [0.1, 0.15) is 32.6 Å². The number of hydrogen-bond acceptors (Lipinski definition) is 3. The maximum atomic E-state index is 13.5. The number of carbonyl (C=O) groups is 3. The van der Waals surface area contributed by atoms with Gasteiger partial charge in [0.15, 0.2) is 0 Å². The predicted octanol–water partition coefficient (Wildman–Crippen LogP) is 3.63. The Bertz CT molecular complexity index is 778. The fourth-order valence-electron chi connectivity index (χ4n) is 3.47. The summed E-state index contributed by atoms with van der Waals surface area (Å²) in [6.45, 7) is 1.95. The number of rotatable bonds is 7. The van der Waals surface area contributed by atoms with Crippen LogP contribution in [0.25, 0.3) is 0 Å². The fourth-order valence-corrected chi connectivity index (χ4v) is 3.47. The summed E-state index contributed by atoms with van der Waals surface area (Å²) in [5, 5.41) is 12.1. The van der Waals surface area contributed by atoms with E-state index < -0.39 is 29.6 Å². The van der Waals surface area contributed by atoms with Gasteiger partial charge in [0.05, 0.1) is 17.8 Å². The monoisotopic (exact) mass is 366 g/mol. The fraction of sp³-hybridized carbons (Fsp3) is 0.286. The van der Waals surface area contributed by atoms with Gasteiger partial charge in [-0.1, -0.05) is 56.2 Å². The third-order valence-corrected chi connectivity index (χ3v) is 4.82. The minimum absolute atomic E-state index is 0.208. The highest BCUT2D eigenvalue weighted by Crippen LogP contribution is 2.43. The van der Waals surface area contributed by atoms with Gasteiger partial charge in [-0.2, -0.15) is 0 Å². The smallest absolute Gasteiger partial charge is 0.304 e. The number of benzene rings is 2. The van der Waals surface area contributed by atoms with E-state index in [1.54, 1.807) is 48.5 Å². The maximum absolute atomic E-state index is 13.5.